The van der Waals surface area contributed by atoms with E-state index in [0.717, 1.165) is 12.7 Å². The van der Waals surface area contributed by atoms with Crippen molar-refractivity contribution in [2.75, 3.05) is 33.3 Å². The van der Waals surface area contributed by atoms with Crippen molar-refractivity contribution in [3.8, 4) is 17.2 Å². The molecule has 2 fully saturated rings. The lowest BCUT2D eigenvalue weighted by atomic mass is 10.1. The number of phenolic OH excluding ortho intramolecular Hbond substituents is 1. The number of esters is 1. The van der Waals surface area contributed by atoms with Crippen LogP contribution in [0, 0.1) is 14.3 Å². The maximum atomic E-state index is 12.9. The molecule has 2 aromatic carbocycles. The highest BCUT2D eigenvalue weighted by molar-refractivity contribution is 14.1. The Morgan fingerprint density at radius 2 is 1.29 bits per heavy atom. The number of benzene rings is 2. The van der Waals surface area contributed by atoms with Crippen LogP contribution in [0.4, 0.5) is 0 Å². The Bertz CT molecular complexity index is 1670. The zero-order chi connectivity index (χ0) is 37.4. The van der Waals surface area contributed by atoms with Crippen LogP contribution in [-0.2, 0) is 49.6 Å². The Morgan fingerprint density at radius 3 is 1.80 bits per heavy atom. The van der Waals surface area contributed by atoms with E-state index in [0.29, 0.717) is 23.7 Å². The molecule has 0 aromatic heterocycles. The molecule has 2 heterocycles. The Kier molecular flexibility index (Phi) is 15.3. The largest absolute Gasteiger partial charge is 0.506 e. The molecule has 0 spiro atoms. The minimum Gasteiger partial charge on any atom is -0.506 e. The van der Waals surface area contributed by atoms with Crippen molar-refractivity contribution in [1.29, 1.82) is 0 Å². The van der Waals surface area contributed by atoms with Gasteiger partial charge in [0.25, 0.3) is 11.8 Å². The van der Waals surface area contributed by atoms with Gasteiger partial charge in [-0.25, -0.2) is 9.59 Å². The molecule has 2 N–H and O–H groups in total. The summed E-state index contributed by atoms with van der Waals surface area (Å²) in [5.74, 6) is -2.47. The SMILES string of the molecule is COC(=O)C(Cc1cc(I)c(Oc2cc(I)c(O)c(I)c2)c(I)c1)NC(=O)CCC(=O)N1CCN(C(=O)CCC(=O)ON2C(=O)CCC2=O)CC1. The van der Waals surface area contributed by atoms with E-state index in [1.54, 1.807) is 17.0 Å². The topological polar surface area (TPSA) is 189 Å². The molecule has 15 nitrogen and oxygen atoms in total. The number of ether oxygens (including phenoxy) is 2. The Balaban J connectivity index is 1.23. The molecule has 19 heteroatoms. The number of hydrogen-bond acceptors (Lipinski definition) is 11. The lowest BCUT2D eigenvalue weighted by molar-refractivity contribution is -0.197. The molecule has 2 aliphatic heterocycles. The summed E-state index contributed by atoms with van der Waals surface area (Å²) in [6.45, 7) is 0.934. The van der Waals surface area contributed by atoms with Crippen LogP contribution in [0.1, 0.15) is 44.1 Å². The molecule has 0 saturated carbocycles. The van der Waals surface area contributed by atoms with Crippen molar-refractivity contribution in [3.05, 3.63) is 44.1 Å². The molecule has 0 aliphatic carbocycles. The Hall–Kier alpha value is -2.55. The number of carbonyl (C=O) groups is 7. The van der Waals surface area contributed by atoms with Crippen LogP contribution in [0.2, 0.25) is 0 Å². The number of halogens is 4. The molecule has 2 aromatic rings. The van der Waals surface area contributed by atoms with E-state index in [1.165, 1.54) is 12.0 Å². The average Bonchev–Trinajstić information content (AvgIpc) is 3.41. The zero-order valence-electron chi connectivity index (χ0n) is 27.0. The molecule has 4 rings (SSSR count). The van der Waals surface area contributed by atoms with E-state index >= 15 is 0 Å². The van der Waals surface area contributed by atoms with Gasteiger partial charge in [-0.15, -0.1) is 5.06 Å². The number of imide groups is 1. The number of nitrogens with one attached hydrogen (secondary N) is 1. The first-order valence-corrected chi connectivity index (χ1v) is 19.8. The number of carbonyl (C=O) groups excluding carboxylic acids is 7. The lowest BCUT2D eigenvalue weighted by Gasteiger charge is -2.35. The van der Waals surface area contributed by atoms with E-state index in [-0.39, 0.29) is 88.7 Å². The molecule has 2 aliphatic rings. The van der Waals surface area contributed by atoms with Gasteiger partial charge in [0.05, 0.1) is 27.8 Å². The van der Waals surface area contributed by atoms with Gasteiger partial charge in [0, 0.05) is 64.7 Å². The summed E-state index contributed by atoms with van der Waals surface area (Å²) >= 11 is 8.32. The second-order valence-corrected chi connectivity index (χ2v) is 16.0. The van der Waals surface area contributed by atoms with E-state index < -0.39 is 35.7 Å². The maximum absolute atomic E-state index is 12.9. The third kappa shape index (κ3) is 11.5. The maximum Gasteiger partial charge on any atom is 0.333 e. The second-order valence-electron chi connectivity index (χ2n) is 11.4. The minimum absolute atomic E-state index is 0.0261. The number of aromatic hydroxyl groups is 1. The number of rotatable bonds is 13. The van der Waals surface area contributed by atoms with Gasteiger partial charge in [0.15, 0.2) is 5.75 Å². The summed E-state index contributed by atoms with van der Waals surface area (Å²) in [5, 5.41) is 13.2. The predicted octanol–water partition coefficient (Wildman–Crippen LogP) is 3.64. The standard InChI is InChI=1S/C32H32I4N4O11/c1-49-32(48)23(14-17-12-21(35)31(22(36)13-17)50-18-15-19(33)30(47)20(34)16-18)37-24(41)2-3-25(42)38-8-10-39(11-9-38)26(43)6-7-29(46)51-40-27(44)4-5-28(40)45/h12-13,15-16,23,47H,2-11,14H2,1H3,(H,37,41). The number of phenols is 1. The monoisotopic (exact) mass is 1160 g/mol. The van der Waals surface area contributed by atoms with Crippen molar-refractivity contribution in [2.45, 2.75) is 51.0 Å². The number of hydrogen-bond donors (Lipinski definition) is 2. The summed E-state index contributed by atoms with van der Waals surface area (Å²) in [6.07, 6.45) is -0.681. The van der Waals surface area contributed by atoms with Crippen molar-refractivity contribution in [3.63, 3.8) is 0 Å². The van der Waals surface area contributed by atoms with Crippen LogP contribution in [0.3, 0.4) is 0 Å². The minimum atomic E-state index is -1.00. The van der Waals surface area contributed by atoms with Crippen LogP contribution < -0.4 is 10.1 Å². The molecule has 1 atom stereocenters. The van der Waals surface area contributed by atoms with Gasteiger partial charge in [0.1, 0.15) is 17.5 Å². The third-order valence-corrected chi connectivity index (χ3v) is 11.1. The summed E-state index contributed by atoms with van der Waals surface area (Å²) in [4.78, 5) is 94.0. The fraction of sp³-hybridized carbons (Fsp3) is 0.406. The van der Waals surface area contributed by atoms with Crippen molar-refractivity contribution >= 4 is 132 Å². The first kappa shape index (κ1) is 41.2. The van der Waals surface area contributed by atoms with Crippen LogP contribution in [0.5, 0.6) is 17.2 Å². The van der Waals surface area contributed by atoms with Gasteiger partial charge in [0.2, 0.25) is 17.7 Å². The molecule has 5 amide bonds. The van der Waals surface area contributed by atoms with Gasteiger partial charge in [-0.1, -0.05) is 0 Å². The van der Waals surface area contributed by atoms with Crippen molar-refractivity contribution < 1.29 is 53.0 Å². The number of methoxy groups -OCH3 is 1. The lowest BCUT2D eigenvalue weighted by Crippen LogP contribution is -2.51. The molecule has 0 bridgehead atoms. The molecule has 51 heavy (non-hydrogen) atoms. The van der Waals surface area contributed by atoms with Gasteiger partial charge in [-0.2, -0.15) is 0 Å². The van der Waals surface area contributed by atoms with E-state index in [2.05, 4.69) is 50.5 Å². The number of nitrogens with zero attached hydrogens (tertiary/aromatic N) is 3. The average molecular weight is 1160 g/mol. The molecule has 2 saturated heterocycles. The molecule has 274 valence electrons. The van der Waals surface area contributed by atoms with Gasteiger partial charge in [-0.05, 0) is 120 Å². The van der Waals surface area contributed by atoms with Gasteiger partial charge >= 0.3 is 11.9 Å². The fourth-order valence-electron chi connectivity index (χ4n) is 5.14. The molecule has 1 unspecified atom stereocenters. The summed E-state index contributed by atoms with van der Waals surface area (Å²) in [5.41, 5.74) is 0.749. The van der Waals surface area contributed by atoms with Crippen LogP contribution in [-0.4, -0.2) is 101 Å². The van der Waals surface area contributed by atoms with E-state index in [9.17, 15) is 38.7 Å². The highest BCUT2D eigenvalue weighted by Gasteiger charge is 2.33. The first-order chi connectivity index (χ1) is 24.2. The first-order valence-electron chi connectivity index (χ1n) is 15.5. The van der Waals surface area contributed by atoms with E-state index in [1.807, 2.05) is 57.3 Å². The van der Waals surface area contributed by atoms with Gasteiger partial charge < -0.3 is 34.5 Å². The quantitative estimate of drug-likeness (QED) is 0.169. The Morgan fingerprint density at radius 1 is 0.784 bits per heavy atom. The highest BCUT2D eigenvalue weighted by Crippen LogP contribution is 2.37. The van der Waals surface area contributed by atoms with Crippen LogP contribution >= 0.6 is 90.4 Å². The molecular formula is C32H32I4N4O11. The molecular weight excluding hydrogens is 1120 g/mol. The number of piperazine rings is 1. The predicted molar refractivity (Wildman–Crippen MR) is 212 cm³/mol. The third-order valence-electron chi connectivity index (χ3n) is 7.82. The van der Waals surface area contributed by atoms with Crippen LogP contribution in [0.25, 0.3) is 0 Å². The zero-order valence-corrected chi connectivity index (χ0v) is 35.7. The number of amides is 5. The fourth-order valence-corrected chi connectivity index (χ4v) is 8.97. The smallest absolute Gasteiger partial charge is 0.333 e. The normalized spacial score (nSPS) is 15.0. The van der Waals surface area contributed by atoms with Gasteiger partial charge in [-0.3, -0.25) is 24.0 Å². The summed E-state index contributed by atoms with van der Waals surface area (Å²) < 4.78 is 13.9. The second kappa shape index (κ2) is 19.0. The van der Waals surface area contributed by atoms with Crippen molar-refractivity contribution in [1.82, 2.24) is 20.2 Å². The highest BCUT2D eigenvalue weighted by atomic mass is 127. The molecule has 0 radical (unpaired) electrons. The van der Waals surface area contributed by atoms with Crippen LogP contribution in [0.15, 0.2) is 24.3 Å². The van der Waals surface area contributed by atoms with Crippen molar-refractivity contribution in [2.24, 2.45) is 0 Å². The van der Waals surface area contributed by atoms with E-state index in [4.69, 9.17) is 14.3 Å². The Labute approximate surface area is 347 Å². The number of hydroxylamine groups is 2. The summed E-state index contributed by atoms with van der Waals surface area (Å²) in [6, 6.07) is 6.14. The summed E-state index contributed by atoms with van der Waals surface area (Å²) in [7, 11) is 1.23.